The lowest BCUT2D eigenvalue weighted by Crippen LogP contribution is -2.38. The molecule has 1 aromatic carbocycles. The second-order valence-corrected chi connectivity index (χ2v) is 6.30. The minimum absolute atomic E-state index is 0.132. The van der Waals surface area contributed by atoms with E-state index in [-0.39, 0.29) is 18.6 Å². The highest BCUT2D eigenvalue weighted by atomic mass is 16.5. The zero-order valence-electron chi connectivity index (χ0n) is 15.2. The van der Waals surface area contributed by atoms with Crippen LogP contribution >= 0.6 is 0 Å². The fraction of sp³-hybridized carbons (Fsp3) is 0.238. The zero-order chi connectivity index (χ0) is 20.0. The van der Waals surface area contributed by atoms with Crippen molar-refractivity contribution < 1.29 is 19.7 Å². The van der Waals surface area contributed by atoms with Crippen LogP contribution in [0.5, 0.6) is 11.5 Å². The van der Waals surface area contributed by atoms with Gasteiger partial charge in [-0.2, -0.15) is 0 Å². The summed E-state index contributed by atoms with van der Waals surface area (Å²) < 4.78 is 7.09. The molecule has 0 saturated heterocycles. The molecule has 2 N–H and O–H groups in total. The van der Waals surface area contributed by atoms with E-state index in [2.05, 4.69) is 13.2 Å². The summed E-state index contributed by atoms with van der Waals surface area (Å²) in [5.74, 6) is -1.09. The van der Waals surface area contributed by atoms with Crippen molar-refractivity contribution in [3.8, 4) is 11.5 Å². The maximum atomic E-state index is 12.5. The number of aromatic carboxylic acids is 1. The maximum absolute atomic E-state index is 12.5. The highest BCUT2D eigenvalue weighted by molar-refractivity contribution is 5.87. The number of hydrogen-bond acceptors (Lipinski definition) is 4. The van der Waals surface area contributed by atoms with E-state index in [1.165, 1.54) is 17.0 Å². The molecule has 0 saturated carbocycles. The molecule has 0 amide bonds. The van der Waals surface area contributed by atoms with Crippen LogP contribution in [-0.4, -0.2) is 26.4 Å². The summed E-state index contributed by atoms with van der Waals surface area (Å²) in [7, 11) is 0. The van der Waals surface area contributed by atoms with Crippen molar-refractivity contribution >= 4 is 5.97 Å². The Morgan fingerprint density at radius 2 is 1.81 bits per heavy atom. The Morgan fingerprint density at radius 1 is 1.22 bits per heavy atom. The molecule has 0 aliphatic heterocycles. The normalized spacial score (nSPS) is 12.2. The van der Waals surface area contributed by atoms with E-state index in [0.717, 1.165) is 0 Å². The van der Waals surface area contributed by atoms with E-state index in [0.29, 0.717) is 5.75 Å². The van der Waals surface area contributed by atoms with Crippen molar-refractivity contribution in [3.63, 3.8) is 0 Å². The van der Waals surface area contributed by atoms with E-state index in [4.69, 9.17) is 4.74 Å². The van der Waals surface area contributed by atoms with Gasteiger partial charge in [-0.05, 0) is 31.9 Å². The Morgan fingerprint density at radius 3 is 2.33 bits per heavy atom. The number of carboxylic acid groups (broad SMARTS) is 1. The lowest BCUT2D eigenvalue weighted by molar-refractivity contribution is -0.00109. The number of benzene rings is 1. The van der Waals surface area contributed by atoms with E-state index in [9.17, 15) is 19.8 Å². The van der Waals surface area contributed by atoms with Gasteiger partial charge in [0.1, 0.15) is 11.3 Å². The molecule has 6 nitrogen and oxygen atoms in total. The molecule has 0 aliphatic carbocycles. The number of hydrogen-bond donors (Lipinski definition) is 2. The van der Waals surface area contributed by atoms with Crippen LogP contribution in [0.1, 0.15) is 36.2 Å². The van der Waals surface area contributed by atoms with Crippen LogP contribution in [0.3, 0.4) is 0 Å². The molecule has 0 fully saturated rings. The molecule has 0 aliphatic rings. The summed E-state index contributed by atoms with van der Waals surface area (Å²) in [6, 6.07) is 8.03. The number of ether oxygens (including phenoxy) is 1. The van der Waals surface area contributed by atoms with Gasteiger partial charge in [0.05, 0.1) is 17.8 Å². The minimum Gasteiger partial charge on any atom is -0.477 e. The lowest BCUT2D eigenvalue weighted by atomic mass is 9.87. The maximum Gasteiger partial charge on any atom is 0.341 e. The third-order valence-corrected chi connectivity index (χ3v) is 4.43. The molecular weight excluding hydrogens is 346 g/mol. The molecule has 0 radical (unpaired) electrons. The van der Waals surface area contributed by atoms with Crippen molar-refractivity contribution in [2.24, 2.45) is 0 Å². The van der Waals surface area contributed by atoms with Gasteiger partial charge in [-0.1, -0.05) is 30.4 Å². The highest BCUT2D eigenvalue weighted by Crippen LogP contribution is 2.31. The Labute approximate surface area is 157 Å². The summed E-state index contributed by atoms with van der Waals surface area (Å²) in [6.45, 7) is 9.06. The van der Waals surface area contributed by atoms with Crippen molar-refractivity contribution in [2.75, 3.05) is 0 Å². The number of aliphatic hydroxyl groups is 1. The predicted molar refractivity (Wildman–Crippen MR) is 103 cm³/mol. The van der Waals surface area contributed by atoms with E-state index in [1.54, 1.807) is 49.4 Å². The van der Waals surface area contributed by atoms with E-state index >= 15 is 0 Å². The summed E-state index contributed by atoms with van der Waals surface area (Å²) >= 11 is 0. The lowest BCUT2D eigenvalue weighted by Gasteiger charge is -2.34. The fourth-order valence-corrected chi connectivity index (χ4v) is 2.84. The highest BCUT2D eigenvalue weighted by Gasteiger charge is 2.33. The topological polar surface area (TPSA) is 88.8 Å². The van der Waals surface area contributed by atoms with E-state index < -0.39 is 28.6 Å². The van der Waals surface area contributed by atoms with Crippen molar-refractivity contribution in [1.29, 1.82) is 0 Å². The van der Waals surface area contributed by atoms with Crippen molar-refractivity contribution in [2.45, 2.75) is 31.4 Å². The van der Waals surface area contributed by atoms with Gasteiger partial charge in [-0.3, -0.25) is 4.79 Å². The van der Waals surface area contributed by atoms with Crippen LogP contribution in [0, 0.1) is 0 Å². The average Bonchev–Trinajstić information content (AvgIpc) is 2.63. The molecule has 142 valence electrons. The first-order valence-corrected chi connectivity index (χ1v) is 8.48. The minimum atomic E-state index is -1.37. The zero-order valence-corrected chi connectivity index (χ0v) is 15.2. The molecular formula is C21H23NO5. The second kappa shape index (κ2) is 8.51. The summed E-state index contributed by atoms with van der Waals surface area (Å²) in [5.41, 5.74) is -2.40. The molecule has 2 rings (SSSR count). The summed E-state index contributed by atoms with van der Waals surface area (Å²) in [5, 5.41) is 20.4. The first-order chi connectivity index (χ1) is 12.8. The quantitative estimate of drug-likeness (QED) is 0.657. The molecule has 2 aromatic rings. The van der Waals surface area contributed by atoms with Gasteiger partial charge >= 0.3 is 5.97 Å². The Bertz CT molecular complexity index is 875. The number of pyridine rings is 1. The summed E-state index contributed by atoms with van der Waals surface area (Å²) in [6.07, 6.45) is 6.32. The Kier molecular flexibility index (Phi) is 6.36. The van der Waals surface area contributed by atoms with Crippen LogP contribution in [0.4, 0.5) is 0 Å². The van der Waals surface area contributed by atoms with Gasteiger partial charge in [0, 0.05) is 6.20 Å². The second-order valence-electron chi connectivity index (χ2n) is 6.30. The molecule has 1 atom stereocenters. The van der Waals surface area contributed by atoms with Crippen LogP contribution < -0.4 is 10.2 Å². The first kappa shape index (κ1) is 20.2. The van der Waals surface area contributed by atoms with Crippen LogP contribution in [0.2, 0.25) is 0 Å². The first-order valence-electron chi connectivity index (χ1n) is 8.48. The van der Waals surface area contributed by atoms with Crippen LogP contribution in [0.25, 0.3) is 0 Å². The third-order valence-electron chi connectivity index (χ3n) is 4.43. The van der Waals surface area contributed by atoms with Gasteiger partial charge in [-0.15, -0.1) is 13.2 Å². The number of para-hydroxylation sites is 1. The Balaban J connectivity index is 2.56. The number of aromatic nitrogens is 1. The van der Waals surface area contributed by atoms with Crippen LogP contribution in [-0.2, 0) is 0 Å². The molecule has 6 heteroatoms. The Hall–Kier alpha value is -3.12. The standard InChI is InChI=1S/C21H23NO5/c1-4-11-21(26,12-5-2)15(3)22-13-17(20(24)25)19(23)18(14-22)27-16-9-7-6-8-10-16/h4-10,13-15,26H,1-2,11-12H2,3H3,(H,24,25)/t15-/m0/s1. The average molecular weight is 369 g/mol. The molecule has 0 spiro atoms. The van der Waals surface area contributed by atoms with E-state index in [1.807, 2.05) is 0 Å². The van der Waals surface area contributed by atoms with Crippen LogP contribution in [0.15, 0.2) is 72.8 Å². The molecule has 0 bridgehead atoms. The predicted octanol–water partition coefficient (Wildman–Crippen LogP) is 3.78. The third kappa shape index (κ3) is 4.54. The van der Waals surface area contributed by atoms with Crippen molar-refractivity contribution in [1.82, 2.24) is 4.57 Å². The fourth-order valence-electron chi connectivity index (χ4n) is 2.84. The molecule has 27 heavy (non-hydrogen) atoms. The molecule has 1 aromatic heterocycles. The number of carboxylic acids is 1. The molecule has 1 heterocycles. The largest absolute Gasteiger partial charge is 0.477 e. The van der Waals surface area contributed by atoms with Crippen molar-refractivity contribution in [3.05, 3.63) is 83.8 Å². The number of rotatable bonds is 9. The molecule has 0 unspecified atom stereocenters. The van der Waals surface area contributed by atoms with Gasteiger partial charge in [0.2, 0.25) is 5.43 Å². The SMILES string of the molecule is C=CCC(O)(CC=C)[C@H](C)n1cc(Oc2ccccc2)c(=O)c(C(=O)O)c1. The smallest absolute Gasteiger partial charge is 0.341 e. The van der Waals surface area contributed by atoms with Gasteiger partial charge < -0.3 is 19.5 Å². The number of carbonyl (C=O) groups is 1. The number of nitrogens with zero attached hydrogens (tertiary/aromatic N) is 1. The van der Waals surface area contributed by atoms with Gasteiger partial charge in [-0.25, -0.2) is 4.79 Å². The monoisotopic (exact) mass is 369 g/mol. The van der Waals surface area contributed by atoms with Gasteiger partial charge in [0.25, 0.3) is 0 Å². The van der Waals surface area contributed by atoms with Gasteiger partial charge in [0.15, 0.2) is 5.75 Å². The summed E-state index contributed by atoms with van der Waals surface area (Å²) in [4.78, 5) is 24.0.